The molecule has 2 heterocycles. The Kier molecular flexibility index (Phi) is 6.78. The largest absolute Gasteiger partial charge is 0.371 e. The molecule has 0 N–H and O–H groups in total. The van der Waals surface area contributed by atoms with Gasteiger partial charge in [0.2, 0.25) is 0 Å². The molecule has 0 aliphatic carbocycles. The second-order valence-corrected chi connectivity index (χ2v) is 10.8. The van der Waals surface area contributed by atoms with Gasteiger partial charge in [-0.1, -0.05) is 91.0 Å². The first-order valence-electron chi connectivity index (χ1n) is 13.1. The van der Waals surface area contributed by atoms with Gasteiger partial charge in [0.15, 0.2) is 0 Å². The molecule has 3 heteroatoms. The molecule has 0 saturated carbocycles. The van der Waals surface area contributed by atoms with Crippen molar-refractivity contribution in [1.29, 1.82) is 5.26 Å². The first-order chi connectivity index (χ1) is 17.1. The Labute approximate surface area is 210 Å². The summed E-state index contributed by atoms with van der Waals surface area (Å²) in [5, 5.41) is 10.9. The summed E-state index contributed by atoms with van der Waals surface area (Å²) in [7, 11) is 2.46. The van der Waals surface area contributed by atoms with Gasteiger partial charge in [0.1, 0.15) is 17.5 Å². The van der Waals surface area contributed by atoms with Crippen molar-refractivity contribution >= 4 is 0 Å². The van der Waals surface area contributed by atoms with Crippen LogP contribution < -0.4 is 0 Å². The number of nitriles is 1. The maximum atomic E-state index is 10.9. The Morgan fingerprint density at radius 1 is 0.886 bits per heavy atom. The number of rotatable bonds is 9. The molecule has 0 spiro atoms. The normalized spacial score (nSPS) is 25.8. The molecule has 2 aliphatic heterocycles. The van der Waals surface area contributed by atoms with E-state index in [9.17, 15) is 5.26 Å². The van der Waals surface area contributed by atoms with Crippen molar-refractivity contribution in [2.45, 2.75) is 62.1 Å². The van der Waals surface area contributed by atoms with Gasteiger partial charge in [-0.2, -0.15) is 5.26 Å². The SMILES string of the molecule is C[N+]1(CCOCc2ccccc2)[C@H]2CCC[C@]1(CC(C#N)(c1ccccc1)c1ccccc1)CC2. The molecule has 3 aromatic carbocycles. The van der Waals surface area contributed by atoms with E-state index < -0.39 is 5.41 Å². The summed E-state index contributed by atoms with van der Waals surface area (Å²) in [6, 6.07) is 35.0. The van der Waals surface area contributed by atoms with Crippen LogP contribution in [0.5, 0.6) is 0 Å². The van der Waals surface area contributed by atoms with Gasteiger partial charge in [0, 0.05) is 25.7 Å². The van der Waals surface area contributed by atoms with Crippen LogP contribution in [-0.4, -0.2) is 36.3 Å². The van der Waals surface area contributed by atoms with E-state index in [0.29, 0.717) is 12.6 Å². The number of hydrogen-bond acceptors (Lipinski definition) is 2. The highest BCUT2D eigenvalue weighted by Gasteiger charge is 2.62. The number of quaternary nitrogens is 1. The Morgan fingerprint density at radius 2 is 1.49 bits per heavy atom. The highest BCUT2D eigenvalue weighted by molar-refractivity contribution is 5.46. The first kappa shape index (κ1) is 23.8. The maximum absolute atomic E-state index is 10.9. The number of ether oxygens (including phenoxy) is 1. The third kappa shape index (κ3) is 4.31. The molecule has 5 rings (SSSR count). The van der Waals surface area contributed by atoms with Crippen LogP contribution in [0.4, 0.5) is 0 Å². The van der Waals surface area contributed by atoms with Crippen LogP contribution >= 0.6 is 0 Å². The van der Waals surface area contributed by atoms with E-state index in [0.717, 1.165) is 35.2 Å². The standard InChI is InChI=1S/C32H37N2O/c1-34(22-23-35-24-27-12-5-2-6-13-27)30-18-11-20-31(34,21-19-30)25-32(26-33,28-14-7-3-8-15-28)29-16-9-4-10-17-29/h2-10,12-17,30H,11,18-25H2,1H3/q+1/t30-,31+,34?/m0/s1. The molecule has 2 bridgehead atoms. The predicted octanol–water partition coefficient (Wildman–Crippen LogP) is 6.63. The lowest BCUT2D eigenvalue weighted by Crippen LogP contribution is -2.66. The highest BCUT2D eigenvalue weighted by atomic mass is 16.5. The van der Waals surface area contributed by atoms with Gasteiger partial charge in [0.25, 0.3) is 0 Å². The third-order valence-electron chi connectivity index (χ3n) is 9.14. The predicted molar refractivity (Wildman–Crippen MR) is 141 cm³/mol. The van der Waals surface area contributed by atoms with E-state index in [1.165, 1.54) is 37.7 Å². The summed E-state index contributed by atoms with van der Waals surface area (Å²) in [6.45, 7) is 2.41. The van der Waals surface area contributed by atoms with Gasteiger partial charge >= 0.3 is 0 Å². The van der Waals surface area contributed by atoms with Crippen LogP contribution in [0.2, 0.25) is 0 Å². The summed E-state index contributed by atoms with van der Waals surface area (Å²) in [5.74, 6) is 0. The van der Waals surface area contributed by atoms with Gasteiger partial charge < -0.3 is 9.22 Å². The summed E-state index contributed by atoms with van der Waals surface area (Å²) < 4.78 is 7.23. The van der Waals surface area contributed by atoms with Crippen LogP contribution in [0.1, 0.15) is 55.2 Å². The zero-order valence-electron chi connectivity index (χ0n) is 20.9. The fourth-order valence-corrected chi connectivity index (χ4v) is 7.11. The Morgan fingerprint density at radius 3 is 2.09 bits per heavy atom. The zero-order chi connectivity index (χ0) is 24.2. The fraction of sp³-hybridized carbons (Fsp3) is 0.406. The topological polar surface area (TPSA) is 33.0 Å². The number of benzene rings is 3. The average Bonchev–Trinajstić information content (AvgIpc) is 3.04. The molecule has 3 aromatic rings. The minimum Gasteiger partial charge on any atom is -0.371 e. The van der Waals surface area contributed by atoms with E-state index >= 15 is 0 Å². The molecule has 35 heavy (non-hydrogen) atoms. The quantitative estimate of drug-likeness (QED) is 0.262. The molecule has 0 aromatic heterocycles. The first-order valence-corrected chi connectivity index (χ1v) is 13.1. The van der Waals surface area contributed by atoms with E-state index in [1.807, 2.05) is 18.2 Å². The Balaban J connectivity index is 1.45. The number of nitrogens with zero attached hydrogens (tertiary/aromatic N) is 2. The summed E-state index contributed by atoms with van der Waals surface area (Å²) in [6.07, 6.45) is 7.02. The monoisotopic (exact) mass is 465 g/mol. The second kappa shape index (κ2) is 9.97. The number of hydrogen-bond donors (Lipinski definition) is 0. The van der Waals surface area contributed by atoms with Gasteiger partial charge in [-0.25, -0.2) is 0 Å². The van der Waals surface area contributed by atoms with Gasteiger partial charge in [0.05, 0.1) is 32.4 Å². The molecule has 3 atom stereocenters. The van der Waals surface area contributed by atoms with Crippen molar-refractivity contribution in [2.75, 3.05) is 20.2 Å². The molecule has 2 aliphatic rings. The molecular formula is C32H37N2O+. The highest BCUT2D eigenvalue weighted by Crippen LogP contribution is 2.55. The average molecular weight is 466 g/mol. The lowest BCUT2D eigenvalue weighted by atomic mass is 9.65. The van der Waals surface area contributed by atoms with Crippen molar-refractivity contribution in [3.63, 3.8) is 0 Å². The Bertz CT molecular complexity index is 1100. The van der Waals surface area contributed by atoms with Gasteiger partial charge in [-0.05, 0) is 29.5 Å². The van der Waals surface area contributed by atoms with E-state index in [4.69, 9.17) is 4.74 Å². The molecule has 1 unspecified atom stereocenters. The van der Waals surface area contributed by atoms with Crippen molar-refractivity contribution in [1.82, 2.24) is 0 Å². The minimum absolute atomic E-state index is 0.0838. The molecule has 180 valence electrons. The van der Waals surface area contributed by atoms with E-state index in [1.54, 1.807) is 0 Å². The lowest BCUT2D eigenvalue weighted by Gasteiger charge is -2.55. The van der Waals surface area contributed by atoms with Crippen molar-refractivity contribution in [3.05, 3.63) is 108 Å². The molecule has 2 fully saturated rings. The molecule has 2 saturated heterocycles. The number of piperidine rings is 1. The van der Waals surface area contributed by atoms with Crippen LogP contribution in [-0.2, 0) is 16.8 Å². The van der Waals surface area contributed by atoms with E-state index in [2.05, 4.69) is 85.9 Å². The van der Waals surface area contributed by atoms with Crippen LogP contribution in [0.15, 0.2) is 91.0 Å². The minimum atomic E-state index is -0.654. The summed E-state index contributed by atoms with van der Waals surface area (Å²) >= 11 is 0. The molecular weight excluding hydrogens is 428 g/mol. The number of fused-ring (bicyclic) bond motifs is 2. The number of likely N-dealkylation sites (N-methyl/N-ethyl adjacent to an activating group) is 1. The molecule has 0 radical (unpaired) electrons. The fourth-order valence-electron chi connectivity index (χ4n) is 7.11. The maximum Gasteiger partial charge on any atom is 0.113 e. The van der Waals surface area contributed by atoms with Gasteiger partial charge in [-0.15, -0.1) is 0 Å². The van der Waals surface area contributed by atoms with Crippen molar-refractivity contribution in [3.8, 4) is 6.07 Å². The van der Waals surface area contributed by atoms with Gasteiger partial charge in [-0.3, -0.25) is 0 Å². The van der Waals surface area contributed by atoms with Crippen LogP contribution in [0.25, 0.3) is 0 Å². The van der Waals surface area contributed by atoms with Crippen molar-refractivity contribution in [2.24, 2.45) is 0 Å². The molecule has 0 amide bonds. The van der Waals surface area contributed by atoms with Crippen molar-refractivity contribution < 1.29 is 9.22 Å². The summed E-state index contributed by atoms with van der Waals surface area (Å²) in [4.78, 5) is 0. The van der Waals surface area contributed by atoms with E-state index in [-0.39, 0.29) is 5.54 Å². The smallest absolute Gasteiger partial charge is 0.113 e. The lowest BCUT2D eigenvalue weighted by molar-refractivity contribution is -0.974. The Hall–Kier alpha value is -2.93. The van der Waals surface area contributed by atoms with Crippen LogP contribution in [0.3, 0.4) is 0 Å². The zero-order valence-corrected chi connectivity index (χ0v) is 20.9. The van der Waals surface area contributed by atoms with Crippen LogP contribution in [0, 0.1) is 11.3 Å². The molecule has 3 nitrogen and oxygen atoms in total. The summed E-state index contributed by atoms with van der Waals surface area (Å²) in [5.41, 5.74) is 2.88. The third-order valence-corrected chi connectivity index (χ3v) is 9.14. The second-order valence-electron chi connectivity index (χ2n) is 10.8.